The monoisotopic (exact) mass is 221 g/mol. The van der Waals surface area contributed by atoms with Crippen LogP contribution in [0, 0.1) is 0 Å². The lowest BCUT2D eigenvalue weighted by Crippen LogP contribution is -1.90. The maximum absolute atomic E-state index is 5.95. The van der Waals surface area contributed by atoms with E-state index in [-0.39, 0.29) is 0 Å². The molecule has 0 amide bonds. The number of pyridine rings is 2. The van der Waals surface area contributed by atoms with Gasteiger partial charge in [-0.3, -0.25) is 9.97 Å². The molecule has 0 aliphatic rings. The van der Waals surface area contributed by atoms with Gasteiger partial charge in [-0.2, -0.15) is 0 Å². The van der Waals surface area contributed by atoms with Crippen molar-refractivity contribution in [1.29, 1.82) is 0 Å². The van der Waals surface area contributed by atoms with Crippen LogP contribution in [0.15, 0.2) is 55.0 Å². The zero-order valence-electron chi connectivity index (χ0n) is 9.17. The van der Waals surface area contributed by atoms with Crippen molar-refractivity contribution in [2.45, 2.75) is 0 Å². The predicted octanol–water partition coefficient (Wildman–Crippen LogP) is 2.88. The minimum absolute atomic E-state index is 0.755. The van der Waals surface area contributed by atoms with Gasteiger partial charge in [-0.1, -0.05) is 18.2 Å². The standard InChI is InChI=1S/C14H11N3/c15-13-6-9-17-14-11(2-1-3-12(13)14)10-4-7-16-8-5-10/h1-9H,(H2,15,17). The Balaban J connectivity index is 2.35. The molecule has 0 aliphatic heterocycles. The average molecular weight is 221 g/mol. The van der Waals surface area contributed by atoms with Gasteiger partial charge in [0, 0.05) is 35.2 Å². The molecule has 3 rings (SSSR count). The molecule has 1 aromatic carbocycles. The van der Waals surface area contributed by atoms with Gasteiger partial charge in [0.1, 0.15) is 0 Å². The van der Waals surface area contributed by atoms with Crippen LogP contribution in [0.25, 0.3) is 22.0 Å². The topological polar surface area (TPSA) is 51.8 Å². The summed E-state index contributed by atoms with van der Waals surface area (Å²) in [7, 11) is 0. The van der Waals surface area contributed by atoms with E-state index in [9.17, 15) is 0 Å². The first kappa shape index (κ1) is 9.78. The van der Waals surface area contributed by atoms with Crippen LogP contribution in [0.3, 0.4) is 0 Å². The summed E-state index contributed by atoms with van der Waals surface area (Å²) >= 11 is 0. The van der Waals surface area contributed by atoms with Gasteiger partial charge in [-0.25, -0.2) is 0 Å². The number of para-hydroxylation sites is 1. The van der Waals surface area contributed by atoms with Gasteiger partial charge in [0.15, 0.2) is 0 Å². The Hall–Kier alpha value is -2.42. The van der Waals surface area contributed by atoms with Crippen LogP contribution in [0.1, 0.15) is 0 Å². The van der Waals surface area contributed by atoms with E-state index in [0.29, 0.717) is 0 Å². The summed E-state index contributed by atoms with van der Waals surface area (Å²) < 4.78 is 0. The summed E-state index contributed by atoms with van der Waals surface area (Å²) in [6.45, 7) is 0. The molecule has 2 aromatic heterocycles. The second-order valence-electron chi connectivity index (χ2n) is 3.84. The summed E-state index contributed by atoms with van der Waals surface area (Å²) in [6, 6.07) is 11.8. The van der Waals surface area contributed by atoms with Gasteiger partial charge in [0.25, 0.3) is 0 Å². The molecule has 0 fully saturated rings. The molecule has 0 saturated heterocycles. The van der Waals surface area contributed by atoms with Crippen molar-refractivity contribution in [3.63, 3.8) is 0 Å². The van der Waals surface area contributed by atoms with Gasteiger partial charge in [0.2, 0.25) is 0 Å². The second-order valence-corrected chi connectivity index (χ2v) is 3.84. The van der Waals surface area contributed by atoms with Gasteiger partial charge in [-0.05, 0) is 23.8 Å². The zero-order chi connectivity index (χ0) is 11.7. The minimum Gasteiger partial charge on any atom is -0.398 e. The molecule has 0 atom stereocenters. The number of nitrogen functional groups attached to an aromatic ring is 1. The second kappa shape index (κ2) is 3.87. The number of aromatic nitrogens is 2. The number of anilines is 1. The number of hydrogen-bond donors (Lipinski definition) is 1. The van der Waals surface area contributed by atoms with E-state index in [0.717, 1.165) is 27.7 Å². The number of benzene rings is 1. The third kappa shape index (κ3) is 1.61. The highest BCUT2D eigenvalue weighted by Crippen LogP contribution is 2.28. The molecular formula is C14H11N3. The largest absolute Gasteiger partial charge is 0.398 e. The van der Waals surface area contributed by atoms with Crippen molar-refractivity contribution in [3.05, 3.63) is 55.0 Å². The Morgan fingerprint density at radius 2 is 1.71 bits per heavy atom. The highest BCUT2D eigenvalue weighted by atomic mass is 14.7. The van der Waals surface area contributed by atoms with Crippen molar-refractivity contribution in [1.82, 2.24) is 9.97 Å². The van der Waals surface area contributed by atoms with Gasteiger partial charge < -0.3 is 5.73 Å². The maximum atomic E-state index is 5.95. The Labute approximate surface area is 98.9 Å². The summed E-state index contributed by atoms with van der Waals surface area (Å²) in [6.07, 6.45) is 5.29. The van der Waals surface area contributed by atoms with Crippen LogP contribution in [-0.2, 0) is 0 Å². The van der Waals surface area contributed by atoms with Crippen molar-refractivity contribution < 1.29 is 0 Å². The maximum Gasteiger partial charge on any atom is 0.0800 e. The number of hydrogen-bond acceptors (Lipinski definition) is 3. The predicted molar refractivity (Wildman–Crippen MR) is 69.4 cm³/mol. The molecule has 3 nitrogen and oxygen atoms in total. The van der Waals surface area contributed by atoms with E-state index >= 15 is 0 Å². The summed E-state index contributed by atoms with van der Waals surface area (Å²) in [5.41, 5.74) is 9.82. The van der Waals surface area contributed by atoms with Gasteiger partial charge in [0.05, 0.1) is 5.52 Å². The Kier molecular flexibility index (Phi) is 2.22. The van der Waals surface area contributed by atoms with E-state index in [1.54, 1.807) is 18.6 Å². The SMILES string of the molecule is Nc1ccnc2c(-c3ccncc3)cccc12. The molecular weight excluding hydrogens is 210 g/mol. The molecule has 0 bridgehead atoms. The Morgan fingerprint density at radius 1 is 0.882 bits per heavy atom. The molecule has 0 aliphatic carbocycles. The lowest BCUT2D eigenvalue weighted by atomic mass is 10.0. The van der Waals surface area contributed by atoms with Gasteiger partial charge in [-0.15, -0.1) is 0 Å². The molecule has 0 radical (unpaired) electrons. The van der Waals surface area contributed by atoms with Crippen LogP contribution in [-0.4, -0.2) is 9.97 Å². The zero-order valence-corrected chi connectivity index (χ0v) is 9.17. The van der Waals surface area contributed by atoms with Crippen LogP contribution < -0.4 is 5.73 Å². The van der Waals surface area contributed by atoms with Crippen molar-refractivity contribution in [3.8, 4) is 11.1 Å². The first-order valence-corrected chi connectivity index (χ1v) is 5.40. The number of nitrogens with two attached hydrogens (primary N) is 1. The molecule has 0 unspecified atom stereocenters. The molecule has 2 N–H and O–H groups in total. The van der Waals surface area contributed by atoms with E-state index in [2.05, 4.69) is 9.97 Å². The Morgan fingerprint density at radius 3 is 2.53 bits per heavy atom. The first-order valence-electron chi connectivity index (χ1n) is 5.40. The number of fused-ring (bicyclic) bond motifs is 1. The Bertz CT molecular complexity index is 663. The normalized spacial score (nSPS) is 10.6. The third-order valence-corrected chi connectivity index (χ3v) is 2.80. The molecule has 2 heterocycles. The van der Waals surface area contributed by atoms with Crippen LogP contribution in [0.2, 0.25) is 0 Å². The van der Waals surface area contributed by atoms with Crippen LogP contribution >= 0.6 is 0 Å². The quantitative estimate of drug-likeness (QED) is 0.687. The van der Waals surface area contributed by atoms with E-state index in [1.807, 2.05) is 36.4 Å². The first-order chi connectivity index (χ1) is 8.36. The van der Waals surface area contributed by atoms with Crippen molar-refractivity contribution in [2.24, 2.45) is 0 Å². The molecule has 0 saturated carbocycles. The highest BCUT2D eigenvalue weighted by Gasteiger charge is 2.05. The van der Waals surface area contributed by atoms with E-state index in [4.69, 9.17) is 5.73 Å². The molecule has 3 heteroatoms. The van der Waals surface area contributed by atoms with E-state index in [1.165, 1.54) is 0 Å². The molecule has 3 aromatic rings. The fraction of sp³-hybridized carbons (Fsp3) is 0. The minimum atomic E-state index is 0.755. The lowest BCUT2D eigenvalue weighted by Gasteiger charge is -2.07. The fourth-order valence-corrected chi connectivity index (χ4v) is 1.96. The lowest BCUT2D eigenvalue weighted by molar-refractivity contribution is 1.33. The van der Waals surface area contributed by atoms with Crippen molar-refractivity contribution >= 4 is 16.6 Å². The summed E-state index contributed by atoms with van der Waals surface area (Å²) in [4.78, 5) is 8.44. The molecule has 0 spiro atoms. The van der Waals surface area contributed by atoms with Gasteiger partial charge >= 0.3 is 0 Å². The van der Waals surface area contributed by atoms with E-state index < -0.39 is 0 Å². The highest BCUT2D eigenvalue weighted by molar-refractivity contribution is 5.99. The molecule has 82 valence electrons. The number of rotatable bonds is 1. The van der Waals surface area contributed by atoms with Crippen LogP contribution in [0.5, 0.6) is 0 Å². The van der Waals surface area contributed by atoms with Crippen LogP contribution in [0.4, 0.5) is 5.69 Å². The summed E-state index contributed by atoms with van der Waals surface area (Å²) in [5.74, 6) is 0. The average Bonchev–Trinajstić information content (AvgIpc) is 2.40. The third-order valence-electron chi connectivity index (χ3n) is 2.80. The molecule has 17 heavy (non-hydrogen) atoms. The fourth-order valence-electron chi connectivity index (χ4n) is 1.96. The number of nitrogens with zero attached hydrogens (tertiary/aromatic N) is 2. The summed E-state index contributed by atoms with van der Waals surface area (Å²) in [5, 5.41) is 0.988. The van der Waals surface area contributed by atoms with Crippen molar-refractivity contribution in [2.75, 3.05) is 5.73 Å². The smallest absolute Gasteiger partial charge is 0.0800 e.